The summed E-state index contributed by atoms with van der Waals surface area (Å²) in [7, 11) is -2.35. The van der Waals surface area contributed by atoms with Crippen LogP contribution in [0.5, 0.6) is 5.75 Å². The summed E-state index contributed by atoms with van der Waals surface area (Å²) in [6.45, 7) is 2.26. The van der Waals surface area contributed by atoms with Gasteiger partial charge in [0.25, 0.3) is 10.0 Å². The van der Waals surface area contributed by atoms with Crippen LogP contribution < -0.4 is 9.64 Å². The van der Waals surface area contributed by atoms with Gasteiger partial charge in [-0.2, -0.15) is 9.57 Å². The first kappa shape index (κ1) is 20.9. The van der Waals surface area contributed by atoms with E-state index in [4.69, 9.17) is 10.00 Å². The van der Waals surface area contributed by atoms with E-state index in [9.17, 15) is 13.2 Å². The smallest absolute Gasteiger partial charge is 0.252 e. The van der Waals surface area contributed by atoms with E-state index >= 15 is 0 Å². The SMILES string of the molecule is CCOc1ccc(N(CCC#N)C(=O)CN(C)S(=O)(=O)c2cccs2)cc1. The molecular weight excluding hydrogens is 386 g/mol. The summed E-state index contributed by atoms with van der Waals surface area (Å²) in [6.07, 6.45) is 0.139. The van der Waals surface area contributed by atoms with E-state index in [1.54, 1.807) is 35.7 Å². The topological polar surface area (TPSA) is 90.7 Å². The number of nitriles is 1. The number of benzene rings is 1. The van der Waals surface area contributed by atoms with Crippen molar-refractivity contribution in [1.82, 2.24) is 4.31 Å². The van der Waals surface area contributed by atoms with Crippen LogP contribution in [0.15, 0.2) is 46.0 Å². The zero-order valence-corrected chi connectivity index (χ0v) is 16.8. The number of rotatable bonds is 9. The number of hydrogen-bond acceptors (Lipinski definition) is 6. The summed E-state index contributed by atoms with van der Waals surface area (Å²) in [6, 6.07) is 12.1. The van der Waals surface area contributed by atoms with Crippen molar-refractivity contribution in [2.75, 3.05) is 31.6 Å². The molecule has 0 atom stereocenters. The van der Waals surface area contributed by atoms with Gasteiger partial charge in [0.2, 0.25) is 5.91 Å². The van der Waals surface area contributed by atoms with Crippen molar-refractivity contribution >= 4 is 33.0 Å². The standard InChI is InChI=1S/C18H21N3O4S2/c1-3-25-16-9-7-15(8-10-16)21(12-5-11-19)17(22)14-20(2)27(23,24)18-6-4-13-26-18/h4,6-10,13H,3,5,12,14H2,1-2H3. The second kappa shape index (κ2) is 9.50. The van der Waals surface area contributed by atoms with E-state index in [-0.39, 0.29) is 23.7 Å². The third kappa shape index (κ3) is 5.29. The Kier molecular flexibility index (Phi) is 7.36. The van der Waals surface area contributed by atoms with Gasteiger partial charge >= 0.3 is 0 Å². The molecule has 9 heteroatoms. The fourth-order valence-electron chi connectivity index (χ4n) is 2.37. The van der Waals surface area contributed by atoms with Crippen molar-refractivity contribution in [1.29, 1.82) is 5.26 Å². The third-order valence-corrected chi connectivity index (χ3v) is 6.90. The maximum Gasteiger partial charge on any atom is 0.252 e. The molecule has 0 unspecified atom stereocenters. The molecule has 144 valence electrons. The molecular formula is C18H21N3O4S2. The van der Waals surface area contributed by atoms with Crippen LogP contribution in [0.2, 0.25) is 0 Å². The van der Waals surface area contributed by atoms with Gasteiger partial charge in [-0.1, -0.05) is 6.07 Å². The molecule has 0 N–H and O–H groups in total. The van der Waals surface area contributed by atoms with E-state index in [2.05, 4.69) is 0 Å². The van der Waals surface area contributed by atoms with Gasteiger partial charge in [0, 0.05) is 19.3 Å². The van der Waals surface area contributed by atoms with Crippen molar-refractivity contribution < 1.29 is 17.9 Å². The maximum atomic E-state index is 12.8. The molecule has 0 aliphatic rings. The monoisotopic (exact) mass is 407 g/mol. The molecule has 0 spiro atoms. The van der Waals surface area contributed by atoms with Gasteiger partial charge in [-0.15, -0.1) is 11.3 Å². The molecule has 2 rings (SSSR count). The number of hydrogen-bond donors (Lipinski definition) is 0. The average molecular weight is 408 g/mol. The van der Waals surface area contributed by atoms with Crippen molar-refractivity contribution in [3.05, 3.63) is 41.8 Å². The van der Waals surface area contributed by atoms with Crippen molar-refractivity contribution in [2.45, 2.75) is 17.6 Å². The average Bonchev–Trinajstić information content (AvgIpc) is 3.19. The quantitative estimate of drug-likeness (QED) is 0.637. The summed E-state index contributed by atoms with van der Waals surface area (Å²) >= 11 is 1.10. The van der Waals surface area contributed by atoms with Crippen molar-refractivity contribution in [3.63, 3.8) is 0 Å². The number of sulfonamides is 1. The van der Waals surface area contributed by atoms with Crippen LogP contribution in [0.4, 0.5) is 5.69 Å². The summed E-state index contributed by atoms with van der Waals surface area (Å²) in [5, 5.41) is 10.5. The Morgan fingerprint density at radius 1 is 1.26 bits per heavy atom. The van der Waals surface area contributed by atoms with E-state index in [1.807, 2.05) is 13.0 Å². The lowest BCUT2D eigenvalue weighted by Gasteiger charge is -2.24. The number of nitrogens with zero attached hydrogens (tertiary/aromatic N) is 3. The normalized spacial score (nSPS) is 11.2. The lowest BCUT2D eigenvalue weighted by Crippen LogP contribution is -2.41. The number of carbonyl (C=O) groups excluding carboxylic acids is 1. The predicted octanol–water partition coefficient (Wildman–Crippen LogP) is 2.71. The van der Waals surface area contributed by atoms with Crippen LogP contribution in [0.3, 0.4) is 0 Å². The zero-order chi connectivity index (χ0) is 19.9. The molecule has 1 aromatic heterocycles. The maximum absolute atomic E-state index is 12.8. The summed E-state index contributed by atoms with van der Waals surface area (Å²) in [5.74, 6) is 0.267. The highest BCUT2D eigenvalue weighted by Gasteiger charge is 2.26. The van der Waals surface area contributed by atoms with E-state index < -0.39 is 15.9 Å². The first-order valence-electron chi connectivity index (χ1n) is 8.30. The number of amides is 1. The van der Waals surface area contributed by atoms with Gasteiger partial charge in [-0.3, -0.25) is 4.79 Å². The highest BCUT2D eigenvalue weighted by Crippen LogP contribution is 2.22. The van der Waals surface area contributed by atoms with E-state index in [1.165, 1.54) is 18.0 Å². The molecule has 0 aliphatic heterocycles. The van der Waals surface area contributed by atoms with Crippen LogP contribution in [-0.4, -0.2) is 45.4 Å². The van der Waals surface area contributed by atoms with Gasteiger partial charge in [0.05, 0.1) is 25.6 Å². The van der Waals surface area contributed by atoms with Gasteiger partial charge in [-0.25, -0.2) is 8.42 Å². The molecule has 7 nitrogen and oxygen atoms in total. The Hall–Kier alpha value is -2.41. The Balaban J connectivity index is 2.18. The van der Waals surface area contributed by atoms with Gasteiger partial charge in [0.1, 0.15) is 9.96 Å². The van der Waals surface area contributed by atoms with Crippen LogP contribution in [-0.2, 0) is 14.8 Å². The van der Waals surface area contributed by atoms with Crippen molar-refractivity contribution in [3.8, 4) is 11.8 Å². The molecule has 2 aromatic rings. The molecule has 0 aliphatic carbocycles. The summed E-state index contributed by atoms with van der Waals surface area (Å²) in [5.41, 5.74) is 0.584. The van der Waals surface area contributed by atoms with Gasteiger partial charge in [-0.05, 0) is 42.6 Å². The first-order chi connectivity index (χ1) is 12.9. The molecule has 0 radical (unpaired) electrons. The molecule has 0 saturated heterocycles. The van der Waals surface area contributed by atoms with Crippen molar-refractivity contribution in [2.24, 2.45) is 0 Å². The largest absolute Gasteiger partial charge is 0.494 e. The number of thiophene rings is 1. The Bertz CT molecular complexity index is 888. The number of likely N-dealkylation sites (N-methyl/N-ethyl adjacent to an activating group) is 1. The molecule has 0 saturated carbocycles. The lowest BCUT2D eigenvalue weighted by molar-refractivity contribution is -0.118. The van der Waals surface area contributed by atoms with Gasteiger partial charge in [0.15, 0.2) is 0 Å². The van der Waals surface area contributed by atoms with E-state index in [0.717, 1.165) is 15.6 Å². The molecule has 1 heterocycles. The summed E-state index contributed by atoms with van der Waals surface area (Å²) < 4.78 is 31.6. The molecule has 1 aromatic carbocycles. The predicted molar refractivity (Wildman–Crippen MR) is 104 cm³/mol. The number of ether oxygens (including phenoxy) is 1. The third-order valence-electron chi connectivity index (χ3n) is 3.73. The van der Waals surface area contributed by atoms with Gasteiger partial charge < -0.3 is 9.64 Å². The Morgan fingerprint density at radius 2 is 1.96 bits per heavy atom. The molecule has 0 bridgehead atoms. The summed E-state index contributed by atoms with van der Waals surface area (Å²) in [4.78, 5) is 14.2. The Labute approximate surface area is 163 Å². The molecule has 1 amide bonds. The van der Waals surface area contributed by atoms with Crippen LogP contribution in [0.1, 0.15) is 13.3 Å². The van der Waals surface area contributed by atoms with Crippen LogP contribution >= 0.6 is 11.3 Å². The minimum atomic E-state index is -3.72. The minimum absolute atomic E-state index is 0.139. The molecule has 27 heavy (non-hydrogen) atoms. The van der Waals surface area contributed by atoms with Crippen LogP contribution in [0, 0.1) is 11.3 Å². The highest BCUT2D eigenvalue weighted by atomic mass is 32.2. The lowest BCUT2D eigenvalue weighted by atomic mass is 10.2. The second-order valence-electron chi connectivity index (χ2n) is 5.57. The number of carbonyl (C=O) groups is 1. The fourth-order valence-corrected chi connectivity index (χ4v) is 4.69. The Morgan fingerprint density at radius 3 is 2.52 bits per heavy atom. The molecule has 0 fully saturated rings. The minimum Gasteiger partial charge on any atom is -0.494 e. The fraction of sp³-hybridized carbons (Fsp3) is 0.333. The van der Waals surface area contributed by atoms with E-state index in [0.29, 0.717) is 18.0 Å². The second-order valence-corrected chi connectivity index (χ2v) is 8.79. The highest BCUT2D eigenvalue weighted by molar-refractivity contribution is 7.91. The number of anilines is 1. The van der Waals surface area contributed by atoms with Crippen LogP contribution in [0.25, 0.3) is 0 Å². The zero-order valence-electron chi connectivity index (χ0n) is 15.2. The first-order valence-corrected chi connectivity index (χ1v) is 10.6.